The van der Waals surface area contributed by atoms with Crippen LogP contribution in [-0.2, 0) is 14.8 Å². The number of sulfonamides is 1. The Labute approximate surface area is 168 Å². The van der Waals surface area contributed by atoms with Crippen LogP contribution in [0.25, 0.3) is 0 Å². The quantitative estimate of drug-likeness (QED) is 0.765. The summed E-state index contributed by atoms with van der Waals surface area (Å²) in [5.41, 5.74) is 6.71. The maximum absolute atomic E-state index is 13.5. The SMILES string of the molecule is C[C@@H]1C[C@H](C(N)=O)c2ccccc2N1S(=O)(=O)c1ccc2c(c1)C(=O)N(C)C2=O. The first kappa shape index (κ1) is 19.1. The number of fused-ring (bicyclic) bond motifs is 2. The molecule has 2 heterocycles. The molecule has 3 amide bonds. The van der Waals surface area contributed by atoms with E-state index in [-0.39, 0.29) is 22.4 Å². The molecule has 2 aliphatic rings. The Balaban J connectivity index is 1.85. The molecular formula is C20H19N3O5S. The van der Waals surface area contributed by atoms with Gasteiger partial charge in [0.2, 0.25) is 5.91 Å². The van der Waals surface area contributed by atoms with E-state index >= 15 is 0 Å². The zero-order valence-corrected chi connectivity index (χ0v) is 16.6. The molecule has 0 saturated carbocycles. The number of imide groups is 1. The van der Waals surface area contributed by atoms with E-state index in [9.17, 15) is 22.8 Å². The molecule has 0 radical (unpaired) electrons. The number of rotatable bonds is 3. The number of amides is 3. The smallest absolute Gasteiger partial charge is 0.264 e. The van der Waals surface area contributed by atoms with Gasteiger partial charge < -0.3 is 5.73 Å². The summed E-state index contributed by atoms with van der Waals surface area (Å²) in [6, 6.07) is 10.1. The second-order valence-electron chi connectivity index (χ2n) is 7.28. The zero-order chi connectivity index (χ0) is 21.1. The number of nitrogens with two attached hydrogens (primary N) is 1. The van der Waals surface area contributed by atoms with Gasteiger partial charge in [-0.15, -0.1) is 0 Å². The molecule has 2 atom stereocenters. The van der Waals surface area contributed by atoms with Crippen molar-refractivity contribution in [3.63, 3.8) is 0 Å². The molecule has 2 aromatic carbocycles. The molecule has 4 rings (SSSR count). The molecule has 9 heteroatoms. The Kier molecular flexibility index (Phi) is 4.23. The number of carbonyl (C=O) groups excluding carboxylic acids is 3. The van der Waals surface area contributed by atoms with Gasteiger partial charge >= 0.3 is 0 Å². The van der Waals surface area contributed by atoms with E-state index in [1.807, 2.05) is 0 Å². The largest absolute Gasteiger partial charge is 0.369 e. The third kappa shape index (κ3) is 2.72. The van der Waals surface area contributed by atoms with Crippen LogP contribution in [0.1, 0.15) is 45.5 Å². The van der Waals surface area contributed by atoms with E-state index in [0.717, 1.165) is 4.90 Å². The summed E-state index contributed by atoms with van der Waals surface area (Å²) >= 11 is 0. The van der Waals surface area contributed by atoms with Gasteiger partial charge in [-0.05, 0) is 43.2 Å². The lowest BCUT2D eigenvalue weighted by molar-refractivity contribution is -0.119. The zero-order valence-electron chi connectivity index (χ0n) is 15.8. The monoisotopic (exact) mass is 413 g/mol. The molecule has 29 heavy (non-hydrogen) atoms. The third-order valence-electron chi connectivity index (χ3n) is 5.49. The van der Waals surface area contributed by atoms with Gasteiger partial charge in [0, 0.05) is 13.1 Å². The van der Waals surface area contributed by atoms with E-state index in [4.69, 9.17) is 5.73 Å². The molecule has 0 saturated heterocycles. The molecule has 150 valence electrons. The minimum absolute atomic E-state index is 0.0616. The van der Waals surface area contributed by atoms with Gasteiger partial charge in [0.15, 0.2) is 0 Å². The van der Waals surface area contributed by atoms with Gasteiger partial charge in [-0.1, -0.05) is 18.2 Å². The number of anilines is 1. The molecule has 2 N–H and O–H groups in total. The van der Waals surface area contributed by atoms with E-state index in [1.165, 1.54) is 29.6 Å². The fraction of sp³-hybridized carbons (Fsp3) is 0.250. The van der Waals surface area contributed by atoms with Crippen LogP contribution in [0.2, 0.25) is 0 Å². The van der Waals surface area contributed by atoms with Crippen molar-refractivity contribution < 1.29 is 22.8 Å². The number of nitrogens with zero attached hydrogens (tertiary/aromatic N) is 2. The number of hydrogen-bond acceptors (Lipinski definition) is 5. The Morgan fingerprint density at radius 2 is 1.72 bits per heavy atom. The lowest BCUT2D eigenvalue weighted by Crippen LogP contribution is -2.45. The van der Waals surface area contributed by atoms with Crippen molar-refractivity contribution in [2.45, 2.75) is 30.2 Å². The average molecular weight is 413 g/mol. The van der Waals surface area contributed by atoms with Crippen molar-refractivity contribution in [1.82, 2.24) is 4.90 Å². The maximum Gasteiger partial charge on any atom is 0.264 e. The highest BCUT2D eigenvalue weighted by Crippen LogP contribution is 2.41. The predicted molar refractivity (Wildman–Crippen MR) is 105 cm³/mol. The summed E-state index contributed by atoms with van der Waals surface area (Å²) in [5.74, 6) is -2.09. The van der Waals surface area contributed by atoms with Crippen molar-refractivity contribution in [2.75, 3.05) is 11.4 Å². The van der Waals surface area contributed by atoms with E-state index < -0.39 is 39.7 Å². The minimum Gasteiger partial charge on any atom is -0.369 e. The van der Waals surface area contributed by atoms with Crippen LogP contribution in [0.4, 0.5) is 5.69 Å². The second kappa shape index (κ2) is 6.41. The highest BCUT2D eigenvalue weighted by Gasteiger charge is 2.41. The van der Waals surface area contributed by atoms with Crippen molar-refractivity contribution in [3.05, 3.63) is 59.2 Å². The number of carbonyl (C=O) groups is 3. The molecule has 0 aliphatic carbocycles. The first-order valence-corrected chi connectivity index (χ1v) is 10.5. The van der Waals surface area contributed by atoms with E-state index in [1.54, 1.807) is 31.2 Å². The van der Waals surface area contributed by atoms with Gasteiger partial charge in [0.05, 0.1) is 27.6 Å². The van der Waals surface area contributed by atoms with Gasteiger partial charge in [-0.25, -0.2) is 8.42 Å². The summed E-state index contributed by atoms with van der Waals surface area (Å²) in [5, 5.41) is 0. The van der Waals surface area contributed by atoms with E-state index in [2.05, 4.69) is 0 Å². The lowest BCUT2D eigenvalue weighted by atomic mass is 9.87. The van der Waals surface area contributed by atoms with Gasteiger partial charge in [0.1, 0.15) is 0 Å². The van der Waals surface area contributed by atoms with Crippen LogP contribution < -0.4 is 10.0 Å². The Bertz CT molecular complexity index is 1170. The predicted octanol–water partition coefficient (Wildman–Crippen LogP) is 1.47. The molecule has 0 bridgehead atoms. The summed E-state index contributed by atoms with van der Waals surface area (Å²) in [4.78, 5) is 37.1. The van der Waals surface area contributed by atoms with Crippen LogP contribution in [0.3, 0.4) is 0 Å². The normalized spacial score (nSPS) is 21.2. The Morgan fingerprint density at radius 1 is 1.07 bits per heavy atom. The van der Waals surface area contributed by atoms with Gasteiger partial charge in [-0.3, -0.25) is 23.6 Å². The number of benzene rings is 2. The van der Waals surface area contributed by atoms with Crippen LogP contribution >= 0.6 is 0 Å². The topological polar surface area (TPSA) is 118 Å². The molecule has 2 aromatic rings. The molecule has 8 nitrogen and oxygen atoms in total. The first-order valence-electron chi connectivity index (χ1n) is 9.03. The minimum atomic E-state index is -4.05. The molecule has 0 spiro atoms. The number of para-hydroxylation sites is 1. The summed E-state index contributed by atoms with van der Waals surface area (Å²) in [6.07, 6.45) is 0.247. The van der Waals surface area contributed by atoms with Gasteiger partial charge in [-0.2, -0.15) is 0 Å². The Hall–Kier alpha value is -3.20. The summed E-state index contributed by atoms with van der Waals surface area (Å²) < 4.78 is 28.3. The van der Waals surface area contributed by atoms with Crippen LogP contribution in [0, 0.1) is 0 Å². The average Bonchev–Trinajstić information content (AvgIpc) is 2.90. The van der Waals surface area contributed by atoms with Crippen LogP contribution in [0.5, 0.6) is 0 Å². The van der Waals surface area contributed by atoms with Crippen LogP contribution in [0.15, 0.2) is 47.4 Å². The fourth-order valence-electron chi connectivity index (χ4n) is 4.03. The first-order chi connectivity index (χ1) is 13.6. The van der Waals surface area contributed by atoms with Gasteiger partial charge in [0.25, 0.3) is 21.8 Å². The standard InChI is InChI=1S/C20H19N3O5S/c1-11-9-15(18(21)24)13-5-3-4-6-17(13)23(11)29(27,28)12-7-8-14-16(10-12)20(26)22(2)19(14)25/h3-8,10-11,15H,9H2,1-2H3,(H2,21,24)/t11-,15+/m1/s1. The highest BCUT2D eigenvalue weighted by atomic mass is 32.2. The molecule has 2 aliphatic heterocycles. The molecule has 0 fully saturated rings. The molecular weight excluding hydrogens is 394 g/mol. The van der Waals surface area contributed by atoms with Crippen molar-refractivity contribution in [3.8, 4) is 0 Å². The van der Waals surface area contributed by atoms with E-state index in [0.29, 0.717) is 11.3 Å². The van der Waals surface area contributed by atoms with Crippen molar-refractivity contribution in [2.24, 2.45) is 5.73 Å². The number of primary amides is 1. The fourth-order valence-corrected chi connectivity index (χ4v) is 5.75. The Morgan fingerprint density at radius 3 is 2.41 bits per heavy atom. The third-order valence-corrected chi connectivity index (χ3v) is 7.41. The second-order valence-corrected chi connectivity index (χ2v) is 9.09. The number of hydrogen-bond donors (Lipinski definition) is 1. The lowest BCUT2D eigenvalue weighted by Gasteiger charge is -2.38. The van der Waals surface area contributed by atoms with Crippen LogP contribution in [-0.4, -0.2) is 44.1 Å². The molecule has 0 unspecified atom stereocenters. The summed E-state index contributed by atoms with van der Waals surface area (Å²) in [6.45, 7) is 1.71. The highest BCUT2D eigenvalue weighted by molar-refractivity contribution is 7.92. The molecule has 0 aromatic heterocycles. The summed E-state index contributed by atoms with van der Waals surface area (Å²) in [7, 11) is -2.70. The maximum atomic E-state index is 13.5. The van der Waals surface area contributed by atoms with Crippen molar-refractivity contribution >= 4 is 33.4 Å². The van der Waals surface area contributed by atoms with Crippen molar-refractivity contribution in [1.29, 1.82) is 0 Å².